The standard InChI is InChI=1S/C11H16N2O/c12-11-4-2-1-3-9(11)7-13-10-5-6-14-8-10/h1-4,10,13H,5-8,12H2. The molecule has 0 amide bonds. The van der Waals surface area contributed by atoms with Crippen molar-refractivity contribution >= 4 is 5.69 Å². The third-order valence-corrected chi connectivity index (χ3v) is 2.57. The smallest absolute Gasteiger partial charge is 0.0620 e. The highest BCUT2D eigenvalue weighted by molar-refractivity contribution is 5.46. The third-order valence-electron chi connectivity index (χ3n) is 2.57. The average molecular weight is 192 g/mol. The lowest BCUT2D eigenvalue weighted by molar-refractivity contribution is 0.190. The lowest BCUT2D eigenvalue weighted by Crippen LogP contribution is -2.28. The molecule has 76 valence electrons. The van der Waals surface area contributed by atoms with Crippen LogP contribution in [0.25, 0.3) is 0 Å². The summed E-state index contributed by atoms with van der Waals surface area (Å²) >= 11 is 0. The maximum atomic E-state index is 5.83. The molecule has 0 aromatic heterocycles. The van der Waals surface area contributed by atoms with Gasteiger partial charge in [-0.05, 0) is 18.1 Å². The normalized spacial score (nSPS) is 21.3. The summed E-state index contributed by atoms with van der Waals surface area (Å²) in [7, 11) is 0. The number of nitrogens with two attached hydrogens (primary N) is 1. The van der Waals surface area contributed by atoms with Gasteiger partial charge in [-0.3, -0.25) is 0 Å². The fourth-order valence-corrected chi connectivity index (χ4v) is 1.64. The van der Waals surface area contributed by atoms with Crippen LogP contribution in [0.4, 0.5) is 5.69 Å². The molecule has 1 unspecified atom stereocenters. The predicted molar refractivity (Wildman–Crippen MR) is 56.9 cm³/mol. The zero-order chi connectivity index (χ0) is 9.80. The first-order valence-electron chi connectivity index (χ1n) is 5.01. The molecule has 1 aromatic rings. The molecule has 2 rings (SSSR count). The van der Waals surface area contributed by atoms with E-state index in [-0.39, 0.29) is 0 Å². The maximum absolute atomic E-state index is 5.83. The van der Waals surface area contributed by atoms with E-state index in [0.717, 1.165) is 31.9 Å². The Balaban J connectivity index is 1.88. The number of para-hydroxylation sites is 1. The van der Waals surface area contributed by atoms with Crippen LogP contribution in [-0.4, -0.2) is 19.3 Å². The fraction of sp³-hybridized carbons (Fsp3) is 0.455. The molecule has 3 heteroatoms. The topological polar surface area (TPSA) is 47.3 Å². The molecule has 1 aliphatic heterocycles. The Kier molecular flexibility index (Phi) is 3.01. The van der Waals surface area contributed by atoms with Gasteiger partial charge < -0.3 is 15.8 Å². The van der Waals surface area contributed by atoms with Crippen LogP contribution < -0.4 is 11.1 Å². The van der Waals surface area contributed by atoms with E-state index in [1.54, 1.807) is 0 Å². The van der Waals surface area contributed by atoms with Crippen LogP contribution in [0, 0.1) is 0 Å². The average Bonchev–Trinajstić information content (AvgIpc) is 2.69. The van der Waals surface area contributed by atoms with Crippen molar-refractivity contribution in [1.82, 2.24) is 5.32 Å². The highest BCUT2D eigenvalue weighted by Gasteiger charge is 2.14. The Bertz CT molecular complexity index is 295. The number of nitrogen functional groups attached to an aromatic ring is 1. The van der Waals surface area contributed by atoms with Crippen molar-refractivity contribution < 1.29 is 4.74 Å². The lowest BCUT2D eigenvalue weighted by atomic mass is 10.1. The molecule has 1 saturated heterocycles. The van der Waals surface area contributed by atoms with Crippen molar-refractivity contribution in [2.75, 3.05) is 18.9 Å². The molecule has 0 radical (unpaired) electrons. The van der Waals surface area contributed by atoms with Crippen LogP contribution >= 0.6 is 0 Å². The van der Waals surface area contributed by atoms with Crippen LogP contribution in [-0.2, 0) is 11.3 Å². The minimum Gasteiger partial charge on any atom is -0.398 e. The minimum atomic E-state index is 0.495. The fourth-order valence-electron chi connectivity index (χ4n) is 1.64. The lowest BCUT2D eigenvalue weighted by Gasteiger charge is -2.11. The highest BCUT2D eigenvalue weighted by Crippen LogP contribution is 2.11. The first-order chi connectivity index (χ1) is 6.86. The Hall–Kier alpha value is -1.06. The third kappa shape index (κ3) is 2.25. The number of benzene rings is 1. The maximum Gasteiger partial charge on any atom is 0.0620 e. The van der Waals surface area contributed by atoms with Gasteiger partial charge in [0.2, 0.25) is 0 Å². The van der Waals surface area contributed by atoms with Crippen molar-refractivity contribution in [3.63, 3.8) is 0 Å². The zero-order valence-electron chi connectivity index (χ0n) is 8.20. The summed E-state index contributed by atoms with van der Waals surface area (Å²) in [4.78, 5) is 0. The molecule has 1 aliphatic rings. The second-order valence-electron chi connectivity index (χ2n) is 3.64. The van der Waals surface area contributed by atoms with E-state index >= 15 is 0 Å². The summed E-state index contributed by atoms with van der Waals surface area (Å²) in [5.74, 6) is 0. The van der Waals surface area contributed by atoms with Gasteiger partial charge in [0.05, 0.1) is 6.61 Å². The number of hydrogen-bond donors (Lipinski definition) is 2. The number of anilines is 1. The van der Waals surface area contributed by atoms with E-state index in [0.29, 0.717) is 6.04 Å². The Labute approximate surface area is 84.3 Å². The van der Waals surface area contributed by atoms with Crippen molar-refractivity contribution in [1.29, 1.82) is 0 Å². The molecule has 3 nitrogen and oxygen atoms in total. The molecular weight excluding hydrogens is 176 g/mol. The quantitative estimate of drug-likeness (QED) is 0.706. The summed E-state index contributed by atoms with van der Waals surface area (Å²) in [6.07, 6.45) is 1.10. The van der Waals surface area contributed by atoms with E-state index in [1.165, 1.54) is 5.56 Å². The van der Waals surface area contributed by atoms with Gasteiger partial charge in [0.1, 0.15) is 0 Å². The van der Waals surface area contributed by atoms with Gasteiger partial charge in [0, 0.05) is 24.9 Å². The number of hydrogen-bond acceptors (Lipinski definition) is 3. The molecule has 1 fully saturated rings. The van der Waals surface area contributed by atoms with E-state index in [4.69, 9.17) is 10.5 Å². The SMILES string of the molecule is Nc1ccccc1CNC1CCOC1. The second-order valence-corrected chi connectivity index (χ2v) is 3.64. The van der Waals surface area contributed by atoms with Crippen LogP contribution in [0.5, 0.6) is 0 Å². The first-order valence-corrected chi connectivity index (χ1v) is 5.01. The monoisotopic (exact) mass is 192 g/mol. The van der Waals surface area contributed by atoms with E-state index in [1.807, 2.05) is 18.2 Å². The Morgan fingerprint density at radius 1 is 1.43 bits per heavy atom. The molecule has 0 saturated carbocycles. The van der Waals surface area contributed by atoms with Crippen molar-refractivity contribution in [2.45, 2.75) is 19.0 Å². The molecular formula is C11H16N2O. The van der Waals surface area contributed by atoms with Gasteiger partial charge in [-0.15, -0.1) is 0 Å². The van der Waals surface area contributed by atoms with Gasteiger partial charge >= 0.3 is 0 Å². The van der Waals surface area contributed by atoms with Crippen LogP contribution in [0.2, 0.25) is 0 Å². The molecule has 0 spiro atoms. The van der Waals surface area contributed by atoms with Crippen molar-refractivity contribution in [2.24, 2.45) is 0 Å². The number of nitrogens with one attached hydrogen (secondary N) is 1. The zero-order valence-corrected chi connectivity index (χ0v) is 8.20. The molecule has 0 aliphatic carbocycles. The Morgan fingerprint density at radius 2 is 2.29 bits per heavy atom. The summed E-state index contributed by atoms with van der Waals surface area (Å²) < 4.78 is 5.28. The van der Waals surface area contributed by atoms with E-state index < -0.39 is 0 Å². The number of ether oxygens (including phenoxy) is 1. The minimum absolute atomic E-state index is 0.495. The highest BCUT2D eigenvalue weighted by atomic mass is 16.5. The molecule has 0 bridgehead atoms. The van der Waals surface area contributed by atoms with E-state index in [2.05, 4.69) is 11.4 Å². The van der Waals surface area contributed by atoms with Gasteiger partial charge in [-0.25, -0.2) is 0 Å². The van der Waals surface area contributed by atoms with Crippen molar-refractivity contribution in [3.8, 4) is 0 Å². The summed E-state index contributed by atoms with van der Waals surface area (Å²) in [5, 5.41) is 3.43. The van der Waals surface area contributed by atoms with Crippen LogP contribution in [0.3, 0.4) is 0 Å². The van der Waals surface area contributed by atoms with E-state index in [9.17, 15) is 0 Å². The largest absolute Gasteiger partial charge is 0.398 e. The summed E-state index contributed by atoms with van der Waals surface area (Å²) in [6, 6.07) is 8.45. The van der Waals surface area contributed by atoms with Gasteiger partial charge in [0.15, 0.2) is 0 Å². The van der Waals surface area contributed by atoms with Crippen molar-refractivity contribution in [3.05, 3.63) is 29.8 Å². The molecule has 3 N–H and O–H groups in total. The van der Waals surface area contributed by atoms with Gasteiger partial charge in [-0.2, -0.15) is 0 Å². The van der Waals surface area contributed by atoms with Gasteiger partial charge in [-0.1, -0.05) is 18.2 Å². The number of rotatable bonds is 3. The molecule has 1 atom stereocenters. The van der Waals surface area contributed by atoms with Crippen LogP contribution in [0.15, 0.2) is 24.3 Å². The molecule has 1 aromatic carbocycles. The Morgan fingerprint density at radius 3 is 3.00 bits per heavy atom. The molecule has 1 heterocycles. The summed E-state index contributed by atoms with van der Waals surface area (Å²) in [6.45, 7) is 2.54. The first kappa shape index (κ1) is 9.49. The predicted octanol–water partition coefficient (Wildman–Crippen LogP) is 1.15. The molecule has 14 heavy (non-hydrogen) atoms. The summed E-state index contributed by atoms with van der Waals surface area (Å²) in [5.41, 5.74) is 7.86. The van der Waals surface area contributed by atoms with Crippen LogP contribution in [0.1, 0.15) is 12.0 Å². The second kappa shape index (κ2) is 4.44. The van der Waals surface area contributed by atoms with Gasteiger partial charge in [0.25, 0.3) is 0 Å².